The van der Waals surface area contributed by atoms with E-state index < -0.39 is 0 Å². The topological polar surface area (TPSA) is 42.7 Å². The molecule has 1 saturated heterocycles. The van der Waals surface area contributed by atoms with Gasteiger partial charge in [-0.25, -0.2) is 0 Å². The van der Waals surface area contributed by atoms with E-state index in [1.807, 2.05) is 48.5 Å². The van der Waals surface area contributed by atoms with Gasteiger partial charge >= 0.3 is 0 Å². The lowest BCUT2D eigenvalue weighted by molar-refractivity contribution is -0.122. The van der Waals surface area contributed by atoms with E-state index in [4.69, 9.17) is 21.4 Å². The fraction of sp³-hybridized carbons (Fsp3) is 0.130. The number of aryl methyl sites for hydroxylation is 1. The Morgan fingerprint density at radius 3 is 2.79 bits per heavy atom. The predicted molar refractivity (Wildman–Crippen MR) is 119 cm³/mol. The summed E-state index contributed by atoms with van der Waals surface area (Å²) in [6.45, 7) is 2.86. The first kappa shape index (κ1) is 19.5. The molecule has 29 heavy (non-hydrogen) atoms. The third-order valence-electron chi connectivity index (χ3n) is 4.45. The third-order valence-corrected chi connectivity index (χ3v) is 5.83. The van der Waals surface area contributed by atoms with E-state index in [9.17, 15) is 4.79 Å². The largest absolute Gasteiger partial charge is 0.488 e. The van der Waals surface area contributed by atoms with Crippen LogP contribution in [0, 0.1) is 6.92 Å². The van der Waals surface area contributed by atoms with Crippen molar-refractivity contribution >= 4 is 40.3 Å². The fourth-order valence-corrected chi connectivity index (χ4v) is 4.28. The Bertz CT molecular complexity index is 1070. The second-order valence-electron chi connectivity index (χ2n) is 6.66. The Labute approximate surface area is 179 Å². The molecule has 2 heterocycles. The monoisotopic (exact) mass is 421 g/mol. The van der Waals surface area contributed by atoms with Gasteiger partial charge in [0.2, 0.25) is 0 Å². The summed E-state index contributed by atoms with van der Waals surface area (Å²) in [7, 11) is 0. The molecule has 0 radical (unpaired) electrons. The molecule has 1 aromatic heterocycles. The van der Waals surface area contributed by atoms with Gasteiger partial charge in [-0.3, -0.25) is 9.69 Å². The molecule has 1 fully saturated rings. The van der Waals surface area contributed by atoms with Gasteiger partial charge in [-0.1, -0.05) is 72.0 Å². The number of hydrogen-bond donors (Lipinski definition) is 0. The molecule has 0 aliphatic carbocycles. The zero-order chi connectivity index (χ0) is 20.2. The Balaban J connectivity index is 1.52. The van der Waals surface area contributed by atoms with E-state index >= 15 is 0 Å². The summed E-state index contributed by atoms with van der Waals surface area (Å²) in [6, 6.07) is 19.5. The van der Waals surface area contributed by atoms with Gasteiger partial charge in [0.1, 0.15) is 22.4 Å². The van der Waals surface area contributed by atoms with Gasteiger partial charge in [0.05, 0.1) is 17.7 Å². The minimum atomic E-state index is -0.120. The summed E-state index contributed by atoms with van der Waals surface area (Å²) in [5.74, 6) is 1.31. The maximum absolute atomic E-state index is 12.8. The van der Waals surface area contributed by atoms with Crippen molar-refractivity contribution < 1.29 is 13.9 Å². The molecule has 0 unspecified atom stereocenters. The molecule has 0 saturated carbocycles. The normalized spacial score (nSPS) is 15.3. The highest BCUT2D eigenvalue weighted by atomic mass is 32.2. The summed E-state index contributed by atoms with van der Waals surface area (Å²) in [5.41, 5.74) is 3.14. The number of ether oxygens (including phenoxy) is 1. The van der Waals surface area contributed by atoms with Crippen LogP contribution in [0.1, 0.15) is 22.5 Å². The third kappa shape index (κ3) is 4.60. The number of hydrogen-bond acceptors (Lipinski definition) is 5. The van der Waals surface area contributed by atoms with E-state index in [1.54, 1.807) is 17.2 Å². The maximum Gasteiger partial charge on any atom is 0.266 e. The number of amides is 1. The van der Waals surface area contributed by atoms with Crippen molar-refractivity contribution in [2.75, 3.05) is 0 Å². The van der Waals surface area contributed by atoms with Crippen LogP contribution in [0.25, 0.3) is 6.08 Å². The zero-order valence-corrected chi connectivity index (χ0v) is 17.5. The van der Waals surface area contributed by atoms with Crippen LogP contribution in [0.3, 0.4) is 0 Å². The van der Waals surface area contributed by atoms with Gasteiger partial charge in [0.25, 0.3) is 5.91 Å². The Hall–Kier alpha value is -2.83. The van der Waals surface area contributed by atoms with Crippen LogP contribution in [0.2, 0.25) is 0 Å². The SMILES string of the molecule is Cc1cccc(COc2ccccc2/C=C2\SC(=S)N(Cc3ccco3)C2=O)c1. The van der Waals surface area contributed by atoms with Crippen LogP contribution < -0.4 is 4.74 Å². The molecule has 2 aromatic carbocycles. The van der Waals surface area contributed by atoms with Crippen LogP contribution in [-0.4, -0.2) is 15.1 Å². The molecule has 3 aromatic rings. The first-order valence-electron chi connectivity index (χ1n) is 9.15. The average Bonchev–Trinajstić information content (AvgIpc) is 3.32. The van der Waals surface area contributed by atoms with Gasteiger partial charge in [-0.2, -0.15) is 0 Å². The van der Waals surface area contributed by atoms with E-state index in [2.05, 4.69) is 19.1 Å². The number of benzene rings is 2. The van der Waals surface area contributed by atoms with Crippen LogP contribution in [0.5, 0.6) is 5.75 Å². The van der Waals surface area contributed by atoms with Crippen molar-refractivity contribution in [1.29, 1.82) is 0 Å². The molecule has 0 atom stereocenters. The van der Waals surface area contributed by atoms with E-state index in [-0.39, 0.29) is 5.91 Å². The number of thioether (sulfide) groups is 1. The molecule has 4 rings (SSSR count). The quantitative estimate of drug-likeness (QED) is 0.385. The highest BCUT2D eigenvalue weighted by Crippen LogP contribution is 2.35. The molecule has 0 N–H and O–H groups in total. The van der Waals surface area contributed by atoms with Crippen molar-refractivity contribution in [2.45, 2.75) is 20.1 Å². The maximum atomic E-state index is 12.8. The van der Waals surface area contributed by atoms with E-state index in [0.29, 0.717) is 28.1 Å². The predicted octanol–water partition coefficient (Wildman–Crippen LogP) is 5.57. The average molecular weight is 422 g/mol. The molecule has 0 spiro atoms. The van der Waals surface area contributed by atoms with Gasteiger partial charge in [-0.05, 0) is 36.8 Å². The molecular formula is C23H19NO3S2. The molecule has 4 nitrogen and oxygen atoms in total. The minimum absolute atomic E-state index is 0.120. The lowest BCUT2D eigenvalue weighted by atomic mass is 10.1. The summed E-state index contributed by atoms with van der Waals surface area (Å²) in [5, 5.41) is 0. The Morgan fingerprint density at radius 1 is 1.14 bits per heavy atom. The smallest absolute Gasteiger partial charge is 0.266 e. The zero-order valence-electron chi connectivity index (χ0n) is 15.8. The summed E-state index contributed by atoms with van der Waals surface area (Å²) in [4.78, 5) is 15.0. The number of para-hydroxylation sites is 1. The number of furan rings is 1. The second kappa shape index (κ2) is 8.68. The minimum Gasteiger partial charge on any atom is -0.488 e. The summed E-state index contributed by atoms with van der Waals surface area (Å²) >= 11 is 6.69. The van der Waals surface area contributed by atoms with Crippen molar-refractivity contribution in [3.05, 3.63) is 94.3 Å². The number of carbonyl (C=O) groups excluding carboxylic acids is 1. The molecule has 146 valence electrons. The lowest BCUT2D eigenvalue weighted by Crippen LogP contribution is -2.27. The number of carbonyl (C=O) groups is 1. The molecule has 6 heteroatoms. The highest BCUT2D eigenvalue weighted by molar-refractivity contribution is 8.26. The Kier molecular flexibility index (Phi) is 5.83. The van der Waals surface area contributed by atoms with Crippen LogP contribution in [0.4, 0.5) is 0 Å². The molecule has 0 bridgehead atoms. The standard InChI is InChI=1S/C23H19NO3S2/c1-16-6-4-7-17(12-16)15-27-20-10-3-2-8-18(20)13-21-22(25)24(23(28)29-21)14-19-9-5-11-26-19/h2-13H,14-15H2,1H3/b21-13-. The van der Waals surface area contributed by atoms with Gasteiger partial charge in [0, 0.05) is 5.56 Å². The van der Waals surface area contributed by atoms with Crippen molar-refractivity contribution in [2.24, 2.45) is 0 Å². The van der Waals surface area contributed by atoms with Crippen LogP contribution >= 0.6 is 24.0 Å². The molecule has 1 aliphatic heterocycles. The molecule has 1 amide bonds. The fourth-order valence-electron chi connectivity index (χ4n) is 3.03. The number of rotatable bonds is 6. The Morgan fingerprint density at radius 2 is 2.00 bits per heavy atom. The van der Waals surface area contributed by atoms with Crippen LogP contribution in [-0.2, 0) is 17.9 Å². The summed E-state index contributed by atoms with van der Waals surface area (Å²) < 4.78 is 11.9. The first-order chi connectivity index (χ1) is 14.1. The van der Waals surface area contributed by atoms with Gasteiger partial charge in [0.15, 0.2) is 0 Å². The van der Waals surface area contributed by atoms with E-state index in [1.165, 1.54) is 17.3 Å². The van der Waals surface area contributed by atoms with Crippen molar-refractivity contribution in [1.82, 2.24) is 4.90 Å². The summed E-state index contributed by atoms with van der Waals surface area (Å²) in [6.07, 6.45) is 3.43. The highest BCUT2D eigenvalue weighted by Gasteiger charge is 2.32. The first-order valence-corrected chi connectivity index (χ1v) is 10.4. The molecule has 1 aliphatic rings. The van der Waals surface area contributed by atoms with Crippen LogP contribution in [0.15, 0.2) is 76.2 Å². The number of nitrogens with zero attached hydrogens (tertiary/aromatic N) is 1. The number of thiocarbonyl (C=S) groups is 1. The van der Waals surface area contributed by atoms with Crippen molar-refractivity contribution in [3.63, 3.8) is 0 Å². The van der Waals surface area contributed by atoms with Crippen molar-refractivity contribution in [3.8, 4) is 5.75 Å². The van der Waals surface area contributed by atoms with Gasteiger partial charge in [-0.15, -0.1) is 0 Å². The van der Waals surface area contributed by atoms with Gasteiger partial charge < -0.3 is 9.15 Å². The second-order valence-corrected chi connectivity index (χ2v) is 8.34. The van der Waals surface area contributed by atoms with E-state index in [0.717, 1.165) is 16.9 Å². The lowest BCUT2D eigenvalue weighted by Gasteiger charge is -2.12. The molecular weight excluding hydrogens is 402 g/mol.